The Balaban J connectivity index is 1.93. The van der Waals surface area contributed by atoms with E-state index < -0.39 is 0 Å². The first-order chi connectivity index (χ1) is 13.6. The third-order valence-electron chi connectivity index (χ3n) is 4.71. The molecule has 6 heteroatoms. The van der Waals surface area contributed by atoms with Crippen LogP contribution in [0.2, 0.25) is 0 Å². The van der Waals surface area contributed by atoms with Gasteiger partial charge in [0.1, 0.15) is 18.1 Å². The number of pyridine rings is 1. The monoisotopic (exact) mass is 376 g/mol. The quantitative estimate of drug-likeness (QED) is 0.567. The number of aryl methyl sites for hydroxylation is 1. The molecule has 4 aromatic rings. The van der Waals surface area contributed by atoms with Crippen molar-refractivity contribution in [2.75, 3.05) is 6.54 Å². The lowest BCUT2D eigenvalue weighted by Crippen LogP contribution is -2.28. The van der Waals surface area contributed by atoms with Crippen LogP contribution in [0.15, 0.2) is 48.7 Å². The number of hydrogen-bond donors (Lipinski definition) is 1. The highest BCUT2D eigenvalue weighted by atomic mass is 19.1. The Morgan fingerprint density at radius 1 is 1.14 bits per heavy atom. The molecular formula is C22H21FN4O. The summed E-state index contributed by atoms with van der Waals surface area (Å²) in [6.45, 7) is 4.78. The third kappa shape index (κ3) is 3.33. The first-order valence-corrected chi connectivity index (χ1v) is 9.35. The van der Waals surface area contributed by atoms with Gasteiger partial charge in [-0.2, -0.15) is 5.10 Å². The molecule has 0 aliphatic heterocycles. The number of hydrogen-bond acceptors (Lipinski definition) is 3. The molecule has 0 fully saturated rings. The molecule has 0 radical (unpaired) electrons. The van der Waals surface area contributed by atoms with Crippen molar-refractivity contribution >= 4 is 27.7 Å². The van der Waals surface area contributed by atoms with Crippen LogP contribution in [-0.4, -0.2) is 27.2 Å². The molecule has 0 aliphatic rings. The van der Waals surface area contributed by atoms with Crippen molar-refractivity contribution in [2.45, 2.75) is 26.8 Å². The molecule has 4 rings (SSSR count). The molecule has 28 heavy (non-hydrogen) atoms. The largest absolute Gasteiger partial charge is 0.355 e. The van der Waals surface area contributed by atoms with E-state index in [-0.39, 0.29) is 18.3 Å². The number of amides is 1. The van der Waals surface area contributed by atoms with E-state index in [0.717, 1.165) is 39.4 Å². The van der Waals surface area contributed by atoms with Gasteiger partial charge in [0.15, 0.2) is 0 Å². The molecule has 0 aliphatic carbocycles. The van der Waals surface area contributed by atoms with Crippen molar-refractivity contribution in [2.24, 2.45) is 0 Å². The van der Waals surface area contributed by atoms with Gasteiger partial charge < -0.3 is 5.32 Å². The fraction of sp³-hybridized carbons (Fsp3) is 0.227. The van der Waals surface area contributed by atoms with Crippen molar-refractivity contribution < 1.29 is 9.18 Å². The summed E-state index contributed by atoms with van der Waals surface area (Å²) in [6, 6.07) is 12.2. The molecule has 2 heterocycles. The zero-order valence-corrected chi connectivity index (χ0v) is 15.9. The van der Waals surface area contributed by atoms with Crippen molar-refractivity contribution in [3.63, 3.8) is 0 Å². The number of nitrogens with one attached hydrogen (secondary N) is 1. The molecule has 1 amide bonds. The van der Waals surface area contributed by atoms with Gasteiger partial charge in [0.05, 0.1) is 11.0 Å². The molecule has 0 saturated heterocycles. The fourth-order valence-electron chi connectivity index (χ4n) is 3.36. The lowest BCUT2D eigenvalue weighted by molar-refractivity contribution is -0.121. The van der Waals surface area contributed by atoms with Crippen molar-refractivity contribution in [3.05, 3.63) is 60.0 Å². The highest BCUT2D eigenvalue weighted by Gasteiger charge is 2.17. The number of nitrogens with zero attached hydrogens (tertiary/aromatic N) is 3. The number of fused-ring (bicyclic) bond motifs is 3. The topological polar surface area (TPSA) is 59.8 Å². The van der Waals surface area contributed by atoms with E-state index in [2.05, 4.69) is 16.4 Å². The maximum Gasteiger partial charge on any atom is 0.241 e. The smallest absolute Gasteiger partial charge is 0.241 e. The predicted octanol–water partition coefficient (Wildman–Crippen LogP) is 4.23. The van der Waals surface area contributed by atoms with E-state index in [4.69, 9.17) is 5.10 Å². The van der Waals surface area contributed by atoms with Gasteiger partial charge in [0, 0.05) is 29.1 Å². The molecular weight excluding hydrogens is 355 g/mol. The minimum atomic E-state index is -0.300. The highest BCUT2D eigenvalue weighted by molar-refractivity contribution is 6.08. The van der Waals surface area contributed by atoms with Gasteiger partial charge in [-0.05, 0) is 49.7 Å². The van der Waals surface area contributed by atoms with Gasteiger partial charge in [-0.25, -0.2) is 4.39 Å². The maximum absolute atomic E-state index is 13.4. The van der Waals surface area contributed by atoms with Gasteiger partial charge in [-0.1, -0.05) is 18.6 Å². The zero-order valence-electron chi connectivity index (χ0n) is 15.9. The number of carbonyl (C=O) groups excluding carboxylic acids is 1. The molecule has 2 aromatic carbocycles. The van der Waals surface area contributed by atoms with E-state index in [1.54, 1.807) is 23.0 Å². The van der Waals surface area contributed by atoms with E-state index in [0.29, 0.717) is 12.2 Å². The number of rotatable bonds is 5. The van der Waals surface area contributed by atoms with Crippen LogP contribution >= 0.6 is 0 Å². The van der Waals surface area contributed by atoms with Gasteiger partial charge in [-0.15, -0.1) is 0 Å². The van der Waals surface area contributed by atoms with Crippen LogP contribution in [0.4, 0.5) is 4.39 Å². The Kier molecular flexibility index (Phi) is 4.77. The second-order valence-electron chi connectivity index (χ2n) is 6.90. The van der Waals surface area contributed by atoms with Crippen LogP contribution in [0.5, 0.6) is 0 Å². The Labute approximate surface area is 162 Å². The Hall–Kier alpha value is -3.28. The van der Waals surface area contributed by atoms with Crippen LogP contribution in [0.3, 0.4) is 0 Å². The SMILES string of the molecule is CCCNC(=O)Cn1nc(-c2ccc(F)cc2)c2cnc3ccc(C)cc3c21. The van der Waals surface area contributed by atoms with Gasteiger partial charge in [0.2, 0.25) is 5.91 Å². The zero-order chi connectivity index (χ0) is 19.7. The first kappa shape index (κ1) is 18.1. The third-order valence-corrected chi connectivity index (χ3v) is 4.71. The Bertz CT molecular complexity index is 1160. The van der Waals surface area contributed by atoms with Gasteiger partial charge in [0.25, 0.3) is 0 Å². The summed E-state index contributed by atoms with van der Waals surface area (Å²) in [6.07, 6.45) is 2.65. The lowest BCUT2D eigenvalue weighted by atomic mass is 10.1. The van der Waals surface area contributed by atoms with E-state index >= 15 is 0 Å². The van der Waals surface area contributed by atoms with E-state index in [1.165, 1.54) is 12.1 Å². The maximum atomic E-state index is 13.4. The first-order valence-electron chi connectivity index (χ1n) is 9.35. The molecule has 0 atom stereocenters. The van der Waals surface area contributed by atoms with Crippen molar-refractivity contribution in [1.82, 2.24) is 20.1 Å². The van der Waals surface area contributed by atoms with Crippen LogP contribution in [0.1, 0.15) is 18.9 Å². The predicted molar refractivity (Wildman–Crippen MR) is 108 cm³/mol. The Morgan fingerprint density at radius 3 is 2.68 bits per heavy atom. The molecule has 2 aromatic heterocycles. The molecule has 0 bridgehead atoms. The molecule has 5 nitrogen and oxygen atoms in total. The molecule has 142 valence electrons. The second kappa shape index (κ2) is 7.38. The summed E-state index contributed by atoms with van der Waals surface area (Å²) in [5.41, 5.74) is 4.29. The summed E-state index contributed by atoms with van der Waals surface area (Å²) in [5.74, 6) is -0.389. The van der Waals surface area contributed by atoms with Crippen LogP contribution in [-0.2, 0) is 11.3 Å². The number of carbonyl (C=O) groups is 1. The molecule has 0 unspecified atom stereocenters. The van der Waals surface area contributed by atoms with Gasteiger partial charge >= 0.3 is 0 Å². The van der Waals surface area contributed by atoms with Crippen LogP contribution in [0.25, 0.3) is 33.1 Å². The highest BCUT2D eigenvalue weighted by Crippen LogP contribution is 2.32. The average Bonchev–Trinajstić information content (AvgIpc) is 3.05. The molecule has 0 saturated carbocycles. The summed E-state index contributed by atoms with van der Waals surface area (Å²) in [7, 11) is 0. The normalized spacial score (nSPS) is 11.2. The minimum Gasteiger partial charge on any atom is -0.355 e. The Morgan fingerprint density at radius 2 is 1.93 bits per heavy atom. The standard InChI is InChI=1S/C22H21FN4O/c1-3-10-24-20(28)13-27-22-17-11-14(2)4-9-19(17)25-12-18(22)21(26-27)15-5-7-16(23)8-6-15/h4-9,11-12H,3,10,13H2,1-2H3,(H,24,28). The summed E-state index contributed by atoms with van der Waals surface area (Å²) < 4.78 is 15.1. The van der Waals surface area contributed by atoms with E-state index in [9.17, 15) is 9.18 Å². The van der Waals surface area contributed by atoms with Gasteiger partial charge in [-0.3, -0.25) is 14.5 Å². The molecule has 1 N–H and O–H groups in total. The fourth-order valence-corrected chi connectivity index (χ4v) is 3.36. The minimum absolute atomic E-state index is 0.0884. The molecule has 0 spiro atoms. The lowest BCUT2D eigenvalue weighted by Gasteiger charge is -2.07. The number of halogens is 1. The second-order valence-corrected chi connectivity index (χ2v) is 6.90. The van der Waals surface area contributed by atoms with Crippen molar-refractivity contribution in [1.29, 1.82) is 0 Å². The van der Waals surface area contributed by atoms with Crippen molar-refractivity contribution in [3.8, 4) is 11.3 Å². The summed E-state index contributed by atoms with van der Waals surface area (Å²) >= 11 is 0. The summed E-state index contributed by atoms with van der Waals surface area (Å²) in [5, 5.41) is 9.39. The van der Waals surface area contributed by atoms with Crippen LogP contribution < -0.4 is 5.32 Å². The van der Waals surface area contributed by atoms with E-state index in [1.807, 2.05) is 26.0 Å². The average molecular weight is 376 g/mol. The van der Waals surface area contributed by atoms with Crippen LogP contribution in [0, 0.1) is 12.7 Å². The number of aromatic nitrogens is 3. The number of benzene rings is 2. The summed E-state index contributed by atoms with van der Waals surface area (Å²) in [4.78, 5) is 16.9.